The molecule has 0 spiro atoms. The van der Waals surface area contributed by atoms with Gasteiger partial charge in [0, 0.05) is 0 Å². The first-order valence-corrected chi connectivity index (χ1v) is 6.47. The second-order valence-corrected chi connectivity index (χ2v) is 4.51. The molecule has 8 nitrogen and oxygen atoms in total. The highest BCUT2D eigenvalue weighted by atomic mass is 16.3. The van der Waals surface area contributed by atoms with Crippen LogP contribution in [0.25, 0.3) is 0 Å². The molecule has 8 heteroatoms. The summed E-state index contributed by atoms with van der Waals surface area (Å²) in [5, 5.41) is 2.44. The molecule has 2 heterocycles. The third kappa shape index (κ3) is 3.54. The van der Waals surface area contributed by atoms with E-state index in [-0.39, 0.29) is 5.76 Å². The number of nitrogens with one attached hydrogen (secondary N) is 3. The number of rotatable bonds is 4. The Hall–Kier alpha value is -3.03. The highest BCUT2D eigenvalue weighted by molar-refractivity contribution is 5.98. The van der Waals surface area contributed by atoms with Crippen LogP contribution in [0.1, 0.15) is 33.6 Å². The smallest absolute Gasteiger partial charge is 0.287 e. The van der Waals surface area contributed by atoms with Crippen LogP contribution in [-0.4, -0.2) is 23.8 Å². The Balaban J connectivity index is 1.83. The van der Waals surface area contributed by atoms with E-state index < -0.39 is 23.8 Å². The number of carbonyl (C=O) groups excluding carboxylic acids is 3. The van der Waals surface area contributed by atoms with E-state index in [2.05, 4.69) is 16.2 Å². The molecule has 0 fully saturated rings. The summed E-state index contributed by atoms with van der Waals surface area (Å²) < 4.78 is 9.91. The second kappa shape index (κ2) is 6.61. The van der Waals surface area contributed by atoms with Crippen molar-refractivity contribution in [3.05, 3.63) is 47.8 Å². The van der Waals surface area contributed by atoms with Crippen molar-refractivity contribution in [3.63, 3.8) is 0 Å². The number of hydrogen-bond acceptors (Lipinski definition) is 5. The van der Waals surface area contributed by atoms with E-state index in [1.54, 1.807) is 13.0 Å². The summed E-state index contributed by atoms with van der Waals surface area (Å²) in [7, 11) is 0. The van der Waals surface area contributed by atoms with E-state index in [0.717, 1.165) is 0 Å². The van der Waals surface area contributed by atoms with E-state index in [0.29, 0.717) is 11.3 Å². The van der Waals surface area contributed by atoms with Crippen molar-refractivity contribution in [3.8, 4) is 0 Å². The van der Waals surface area contributed by atoms with Crippen molar-refractivity contribution in [1.82, 2.24) is 16.2 Å². The monoisotopic (exact) mass is 305 g/mol. The largest absolute Gasteiger partial charge is 0.469 e. The normalized spacial score (nSPS) is 11.5. The Morgan fingerprint density at radius 1 is 1.05 bits per heavy atom. The topological polar surface area (TPSA) is 114 Å². The average molecular weight is 305 g/mol. The number of aryl methyl sites for hydroxylation is 1. The maximum absolute atomic E-state index is 11.8. The summed E-state index contributed by atoms with van der Waals surface area (Å²) in [6.45, 7) is 3.11. The molecule has 0 radical (unpaired) electrons. The molecule has 2 rings (SSSR count). The predicted molar refractivity (Wildman–Crippen MR) is 74.7 cm³/mol. The molecule has 0 aliphatic rings. The Labute approximate surface area is 125 Å². The number of hydrazine groups is 1. The lowest BCUT2D eigenvalue weighted by Gasteiger charge is -2.13. The van der Waals surface area contributed by atoms with Crippen molar-refractivity contribution in [1.29, 1.82) is 0 Å². The van der Waals surface area contributed by atoms with E-state index in [4.69, 9.17) is 8.83 Å². The lowest BCUT2D eigenvalue weighted by molar-refractivity contribution is -0.123. The minimum atomic E-state index is -0.858. The summed E-state index contributed by atoms with van der Waals surface area (Å²) in [5.74, 6) is -1.08. The fraction of sp³-hybridized carbons (Fsp3) is 0.214. The highest BCUT2D eigenvalue weighted by Crippen LogP contribution is 2.07. The minimum absolute atomic E-state index is 0.0951. The molecule has 116 valence electrons. The van der Waals surface area contributed by atoms with Crippen molar-refractivity contribution < 1.29 is 23.2 Å². The molecule has 2 aromatic rings. The van der Waals surface area contributed by atoms with Gasteiger partial charge in [-0.2, -0.15) is 0 Å². The van der Waals surface area contributed by atoms with Crippen LogP contribution in [0.4, 0.5) is 0 Å². The van der Waals surface area contributed by atoms with Gasteiger partial charge < -0.3 is 14.2 Å². The quantitative estimate of drug-likeness (QED) is 0.722. The maximum atomic E-state index is 11.8. The number of hydrogen-bond donors (Lipinski definition) is 3. The van der Waals surface area contributed by atoms with Crippen LogP contribution in [0, 0.1) is 6.92 Å². The van der Waals surface area contributed by atoms with Gasteiger partial charge in [0.05, 0.1) is 18.1 Å². The van der Waals surface area contributed by atoms with Gasteiger partial charge in [0.25, 0.3) is 17.7 Å². The van der Waals surface area contributed by atoms with Crippen molar-refractivity contribution >= 4 is 17.7 Å². The van der Waals surface area contributed by atoms with Gasteiger partial charge in [0.15, 0.2) is 5.76 Å². The molecule has 1 atom stereocenters. The highest BCUT2D eigenvalue weighted by Gasteiger charge is 2.19. The summed E-state index contributed by atoms with van der Waals surface area (Å²) in [6, 6.07) is 3.67. The number of furan rings is 2. The van der Waals surface area contributed by atoms with Gasteiger partial charge in [-0.25, -0.2) is 0 Å². The Kier molecular flexibility index (Phi) is 4.62. The van der Waals surface area contributed by atoms with E-state index >= 15 is 0 Å². The Bertz CT molecular complexity index is 674. The van der Waals surface area contributed by atoms with Crippen LogP contribution in [0.5, 0.6) is 0 Å². The molecule has 2 aromatic heterocycles. The van der Waals surface area contributed by atoms with Crippen LogP contribution < -0.4 is 16.2 Å². The number of amides is 3. The molecule has 3 amide bonds. The standard InChI is InChI=1S/C14H15N3O5/c1-8(15-14(20)11-4-3-6-22-11)12(18)16-17-13(19)10-5-7-21-9(10)2/h3-8H,1-2H3,(H,15,20)(H,16,18)(H,17,19)/t8-/m0/s1. The molecular formula is C14H15N3O5. The van der Waals surface area contributed by atoms with Gasteiger partial charge in [-0.3, -0.25) is 25.2 Å². The minimum Gasteiger partial charge on any atom is -0.469 e. The zero-order valence-electron chi connectivity index (χ0n) is 12.0. The first-order chi connectivity index (χ1) is 10.5. The van der Waals surface area contributed by atoms with Gasteiger partial charge in [-0.15, -0.1) is 0 Å². The third-order valence-corrected chi connectivity index (χ3v) is 2.89. The lowest BCUT2D eigenvalue weighted by atomic mass is 10.2. The van der Waals surface area contributed by atoms with Gasteiger partial charge in [0.2, 0.25) is 0 Å². The van der Waals surface area contributed by atoms with Crippen LogP contribution in [0.3, 0.4) is 0 Å². The van der Waals surface area contributed by atoms with E-state index in [1.807, 2.05) is 0 Å². The SMILES string of the molecule is Cc1occc1C(=O)NNC(=O)[C@H](C)NC(=O)c1ccco1. The van der Waals surface area contributed by atoms with Crippen molar-refractivity contribution in [2.75, 3.05) is 0 Å². The van der Waals surface area contributed by atoms with E-state index in [9.17, 15) is 14.4 Å². The molecule has 0 aliphatic heterocycles. The predicted octanol–water partition coefficient (Wildman–Crippen LogP) is 0.761. The van der Waals surface area contributed by atoms with Crippen LogP contribution in [-0.2, 0) is 4.79 Å². The molecular weight excluding hydrogens is 290 g/mol. The average Bonchev–Trinajstić information content (AvgIpc) is 3.15. The van der Waals surface area contributed by atoms with Crippen LogP contribution in [0.15, 0.2) is 39.6 Å². The third-order valence-electron chi connectivity index (χ3n) is 2.89. The zero-order chi connectivity index (χ0) is 16.1. The van der Waals surface area contributed by atoms with Gasteiger partial charge >= 0.3 is 0 Å². The zero-order valence-corrected chi connectivity index (χ0v) is 12.0. The van der Waals surface area contributed by atoms with Crippen LogP contribution in [0.2, 0.25) is 0 Å². The van der Waals surface area contributed by atoms with Gasteiger partial charge in [-0.05, 0) is 32.0 Å². The first-order valence-electron chi connectivity index (χ1n) is 6.47. The van der Waals surface area contributed by atoms with Gasteiger partial charge in [0.1, 0.15) is 11.8 Å². The van der Waals surface area contributed by atoms with Gasteiger partial charge in [-0.1, -0.05) is 0 Å². The first kappa shape index (κ1) is 15.4. The summed E-state index contributed by atoms with van der Waals surface area (Å²) in [4.78, 5) is 35.3. The Morgan fingerprint density at radius 2 is 1.82 bits per heavy atom. The molecule has 0 saturated heterocycles. The number of carbonyl (C=O) groups is 3. The van der Waals surface area contributed by atoms with Crippen LogP contribution >= 0.6 is 0 Å². The molecule has 22 heavy (non-hydrogen) atoms. The molecule has 0 bridgehead atoms. The summed E-state index contributed by atoms with van der Waals surface area (Å²) >= 11 is 0. The summed E-state index contributed by atoms with van der Waals surface area (Å²) in [6.07, 6.45) is 2.73. The second-order valence-electron chi connectivity index (χ2n) is 4.51. The van der Waals surface area contributed by atoms with E-state index in [1.165, 1.54) is 31.6 Å². The lowest BCUT2D eigenvalue weighted by Crippen LogP contribution is -2.51. The van der Waals surface area contributed by atoms with Crippen molar-refractivity contribution in [2.45, 2.75) is 19.9 Å². The molecule has 0 aromatic carbocycles. The molecule has 3 N–H and O–H groups in total. The maximum Gasteiger partial charge on any atom is 0.287 e. The summed E-state index contributed by atoms with van der Waals surface area (Å²) in [5.41, 5.74) is 4.78. The molecule has 0 unspecified atom stereocenters. The molecule has 0 saturated carbocycles. The Morgan fingerprint density at radius 3 is 2.41 bits per heavy atom. The fourth-order valence-corrected chi connectivity index (χ4v) is 1.66. The fourth-order valence-electron chi connectivity index (χ4n) is 1.66. The molecule has 0 aliphatic carbocycles. The van der Waals surface area contributed by atoms with Crippen molar-refractivity contribution in [2.24, 2.45) is 0 Å².